The highest BCUT2D eigenvalue weighted by molar-refractivity contribution is 7.92. The van der Waals surface area contributed by atoms with Gasteiger partial charge in [-0.05, 0) is 19.3 Å². The van der Waals surface area contributed by atoms with Crippen LogP contribution in [0.4, 0.5) is 0 Å². The number of rotatable bonds is 4. The van der Waals surface area contributed by atoms with E-state index >= 15 is 0 Å². The van der Waals surface area contributed by atoms with Crippen molar-refractivity contribution >= 4 is 15.7 Å². The average molecular weight is 260 g/mol. The Kier molecular flexibility index (Phi) is 3.73. The van der Waals surface area contributed by atoms with Crippen LogP contribution in [0.25, 0.3) is 0 Å². The van der Waals surface area contributed by atoms with Gasteiger partial charge in [-0.2, -0.15) is 0 Å². The molecule has 0 radical (unpaired) electrons. The monoisotopic (exact) mass is 260 g/mol. The zero-order valence-corrected chi connectivity index (χ0v) is 11.0. The first-order chi connectivity index (χ1) is 8.04. The van der Waals surface area contributed by atoms with Crippen molar-refractivity contribution in [2.45, 2.75) is 43.9 Å². The lowest BCUT2D eigenvalue weighted by molar-refractivity contribution is -0.129. The molecule has 0 aromatic carbocycles. The fourth-order valence-electron chi connectivity index (χ4n) is 2.58. The number of nitrogens with zero attached hydrogens (tertiary/aromatic N) is 1. The second-order valence-corrected chi connectivity index (χ2v) is 7.30. The van der Waals surface area contributed by atoms with Crippen LogP contribution in [0, 0.1) is 0 Å². The van der Waals surface area contributed by atoms with Crippen LogP contribution < -0.4 is 5.32 Å². The molecule has 17 heavy (non-hydrogen) atoms. The highest BCUT2D eigenvalue weighted by atomic mass is 32.2. The first kappa shape index (κ1) is 12.8. The van der Waals surface area contributed by atoms with Crippen LogP contribution >= 0.6 is 0 Å². The molecular formula is C11H20N2O3S. The number of hydrogen-bond acceptors (Lipinski definition) is 4. The zero-order valence-electron chi connectivity index (χ0n) is 10.2. The second-order valence-electron chi connectivity index (χ2n) is 4.90. The molecule has 2 atom stereocenters. The van der Waals surface area contributed by atoms with E-state index in [2.05, 4.69) is 5.32 Å². The van der Waals surface area contributed by atoms with Gasteiger partial charge in [0.2, 0.25) is 5.91 Å². The average Bonchev–Trinajstić information content (AvgIpc) is 2.76. The fourth-order valence-corrected chi connectivity index (χ4v) is 4.42. The van der Waals surface area contributed by atoms with Gasteiger partial charge in [0.05, 0.1) is 23.7 Å². The Morgan fingerprint density at radius 1 is 1.47 bits per heavy atom. The molecule has 98 valence electrons. The van der Waals surface area contributed by atoms with Gasteiger partial charge in [0.25, 0.3) is 0 Å². The summed E-state index contributed by atoms with van der Waals surface area (Å²) in [5, 5.41) is 2.80. The second kappa shape index (κ2) is 4.94. The van der Waals surface area contributed by atoms with Crippen LogP contribution in [-0.2, 0) is 14.6 Å². The third-order valence-electron chi connectivity index (χ3n) is 3.60. The predicted molar refractivity (Wildman–Crippen MR) is 65.2 cm³/mol. The molecule has 2 aliphatic rings. The largest absolute Gasteiger partial charge is 0.327 e. The van der Waals surface area contributed by atoms with Crippen molar-refractivity contribution < 1.29 is 13.2 Å². The minimum Gasteiger partial charge on any atom is -0.327 e. The lowest BCUT2D eigenvalue weighted by atomic mass is 10.1. The van der Waals surface area contributed by atoms with E-state index < -0.39 is 9.84 Å². The van der Waals surface area contributed by atoms with E-state index in [1.807, 2.05) is 6.92 Å². The van der Waals surface area contributed by atoms with E-state index in [4.69, 9.17) is 0 Å². The molecule has 5 nitrogen and oxygen atoms in total. The number of carbonyl (C=O) groups is 1. The van der Waals surface area contributed by atoms with E-state index in [1.165, 1.54) is 0 Å². The predicted octanol–water partition coefficient (Wildman–Crippen LogP) is 0.122. The first-order valence-corrected chi connectivity index (χ1v) is 8.00. The topological polar surface area (TPSA) is 66.5 Å². The molecule has 0 aromatic heterocycles. The zero-order chi connectivity index (χ0) is 12.5. The Morgan fingerprint density at radius 3 is 2.82 bits per heavy atom. The Labute approximate surface area is 102 Å². The van der Waals surface area contributed by atoms with Gasteiger partial charge in [0, 0.05) is 6.54 Å². The van der Waals surface area contributed by atoms with E-state index in [0.29, 0.717) is 19.6 Å². The number of amides is 1. The van der Waals surface area contributed by atoms with Gasteiger partial charge < -0.3 is 4.90 Å². The van der Waals surface area contributed by atoms with Gasteiger partial charge in [0.15, 0.2) is 9.84 Å². The van der Waals surface area contributed by atoms with E-state index in [1.54, 1.807) is 4.90 Å². The van der Waals surface area contributed by atoms with Gasteiger partial charge in [0.1, 0.15) is 0 Å². The molecule has 6 heteroatoms. The molecule has 2 heterocycles. The molecule has 0 saturated carbocycles. The van der Waals surface area contributed by atoms with E-state index in [0.717, 1.165) is 19.3 Å². The molecule has 1 N–H and O–H groups in total. The van der Waals surface area contributed by atoms with E-state index in [9.17, 15) is 13.2 Å². The molecule has 2 unspecified atom stereocenters. The maximum absolute atomic E-state index is 12.0. The fraction of sp³-hybridized carbons (Fsp3) is 0.909. The summed E-state index contributed by atoms with van der Waals surface area (Å²) in [6.45, 7) is 2.91. The molecule has 0 spiro atoms. The maximum Gasteiger partial charge on any atom is 0.240 e. The third-order valence-corrected chi connectivity index (χ3v) is 5.86. The van der Waals surface area contributed by atoms with Gasteiger partial charge in [-0.15, -0.1) is 0 Å². The molecule has 1 amide bonds. The third kappa shape index (κ3) is 2.63. The quantitative estimate of drug-likeness (QED) is 0.780. The van der Waals surface area contributed by atoms with Crippen LogP contribution in [0.2, 0.25) is 0 Å². The highest BCUT2D eigenvalue weighted by Crippen LogP contribution is 2.22. The molecule has 2 rings (SSSR count). The molecular weight excluding hydrogens is 240 g/mol. The minimum atomic E-state index is -2.95. The van der Waals surface area contributed by atoms with Crippen LogP contribution in [0.3, 0.4) is 0 Å². The Bertz CT molecular complexity index is 394. The summed E-state index contributed by atoms with van der Waals surface area (Å²) in [4.78, 5) is 13.6. The van der Waals surface area contributed by atoms with Crippen molar-refractivity contribution in [2.24, 2.45) is 0 Å². The molecule has 0 aliphatic carbocycles. The van der Waals surface area contributed by atoms with Crippen LogP contribution in [0.15, 0.2) is 0 Å². The van der Waals surface area contributed by atoms with Gasteiger partial charge >= 0.3 is 0 Å². The standard InChI is InChI=1S/C11H20N2O3S/c1-2-4-10-11(14)13(8-12-10)7-9-5-3-6-17(9,15)16/h9-10,12H,2-8H2,1H3. The normalized spacial score (nSPS) is 32.3. The van der Waals surface area contributed by atoms with Gasteiger partial charge in [-0.1, -0.05) is 13.3 Å². The molecule has 0 bridgehead atoms. The summed E-state index contributed by atoms with van der Waals surface area (Å²) < 4.78 is 23.4. The Balaban J connectivity index is 1.95. The summed E-state index contributed by atoms with van der Waals surface area (Å²) in [7, 11) is -2.95. The summed E-state index contributed by atoms with van der Waals surface area (Å²) in [6.07, 6.45) is 3.22. The Morgan fingerprint density at radius 2 is 2.24 bits per heavy atom. The van der Waals surface area contributed by atoms with Crippen molar-refractivity contribution in [3.05, 3.63) is 0 Å². The number of sulfone groups is 1. The summed E-state index contributed by atoms with van der Waals surface area (Å²) in [5.41, 5.74) is 0. The lowest BCUT2D eigenvalue weighted by Crippen LogP contribution is -2.37. The van der Waals surface area contributed by atoms with Crippen molar-refractivity contribution in [1.82, 2.24) is 10.2 Å². The molecule has 2 fully saturated rings. The van der Waals surface area contributed by atoms with Crippen molar-refractivity contribution in [3.8, 4) is 0 Å². The number of hydrogen-bond donors (Lipinski definition) is 1. The van der Waals surface area contributed by atoms with Crippen LogP contribution in [-0.4, -0.2) is 49.5 Å². The van der Waals surface area contributed by atoms with Crippen molar-refractivity contribution in [1.29, 1.82) is 0 Å². The SMILES string of the molecule is CCCC1NCN(CC2CCCS2(=O)=O)C1=O. The molecule has 0 aromatic rings. The van der Waals surface area contributed by atoms with Crippen molar-refractivity contribution in [2.75, 3.05) is 19.0 Å². The minimum absolute atomic E-state index is 0.0638. The van der Waals surface area contributed by atoms with Gasteiger partial charge in [-0.3, -0.25) is 10.1 Å². The van der Waals surface area contributed by atoms with Crippen molar-refractivity contribution in [3.63, 3.8) is 0 Å². The maximum atomic E-state index is 12.0. The number of carbonyl (C=O) groups excluding carboxylic acids is 1. The smallest absolute Gasteiger partial charge is 0.240 e. The first-order valence-electron chi connectivity index (χ1n) is 6.28. The summed E-state index contributed by atoms with van der Waals surface area (Å²) >= 11 is 0. The number of nitrogens with one attached hydrogen (secondary N) is 1. The summed E-state index contributed by atoms with van der Waals surface area (Å²) in [5.74, 6) is 0.347. The van der Waals surface area contributed by atoms with Crippen LogP contribution in [0.5, 0.6) is 0 Å². The molecule has 2 aliphatic heterocycles. The van der Waals surface area contributed by atoms with Gasteiger partial charge in [-0.25, -0.2) is 8.42 Å². The highest BCUT2D eigenvalue weighted by Gasteiger charge is 2.37. The summed E-state index contributed by atoms with van der Waals surface area (Å²) in [6, 6.07) is -0.107. The van der Waals surface area contributed by atoms with Crippen LogP contribution in [0.1, 0.15) is 32.6 Å². The molecule has 2 saturated heterocycles. The lowest BCUT2D eigenvalue weighted by Gasteiger charge is -2.19. The Hall–Kier alpha value is -0.620. The van der Waals surface area contributed by atoms with E-state index in [-0.39, 0.29) is 23.0 Å².